The summed E-state index contributed by atoms with van der Waals surface area (Å²) in [6.45, 7) is 3.92. The molecule has 1 saturated carbocycles. The van der Waals surface area contributed by atoms with Gasteiger partial charge in [0.25, 0.3) is 0 Å². The van der Waals surface area contributed by atoms with Crippen LogP contribution in [0, 0.1) is 5.92 Å². The number of amides is 1. The van der Waals surface area contributed by atoms with Crippen LogP contribution < -0.4 is 10.6 Å². The van der Waals surface area contributed by atoms with Crippen molar-refractivity contribution in [1.82, 2.24) is 10.6 Å². The standard InChI is InChI=1S/C10H20N2O2/c1-8(11-2)10(13)12-5-6-14-7-9-3-4-9/h8-9,11H,3-7H2,1-2H3,(H,12,13). The average Bonchev–Trinajstić information content (AvgIpc) is 2.99. The van der Waals surface area contributed by atoms with E-state index in [1.165, 1.54) is 12.8 Å². The van der Waals surface area contributed by atoms with E-state index in [0.29, 0.717) is 13.2 Å². The van der Waals surface area contributed by atoms with Crippen molar-refractivity contribution in [1.29, 1.82) is 0 Å². The van der Waals surface area contributed by atoms with E-state index in [2.05, 4.69) is 10.6 Å². The lowest BCUT2D eigenvalue weighted by Crippen LogP contribution is -2.41. The molecule has 0 aromatic heterocycles. The van der Waals surface area contributed by atoms with Crippen molar-refractivity contribution in [2.45, 2.75) is 25.8 Å². The molecule has 1 aliphatic rings. The van der Waals surface area contributed by atoms with E-state index in [9.17, 15) is 4.79 Å². The summed E-state index contributed by atoms with van der Waals surface area (Å²) in [7, 11) is 1.77. The maximum atomic E-state index is 11.3. The van der Waals surface area contributed by atoms with Gasteiger partial charge in [-0.15, -0.1) is 0 Å². The third-order valence-electron chi connectivity index (χ3n) is 2.42. The fourth-order valence-electron chi connectivity index (χ4n) is 1.07. The van der Waals surface area contributed by atoms with Gasteiger partial charge >= 0.3 is 0 Å². The number of nitrogens with one attached hydrogen (secondary N) is 2. The zero-order valence-corrected chi connectivity index (χ0v) is 9.01. The summed E-state index contributed by atoms with van der Waals surface area (Å²) < 4.78 is 5.39. The molecule has 1 unspecified atom stereocenters. The molecule has 0 spiro atoms. The van der Waals surface area contributed by atoms with Crippen LogP contribution in [0.2, 0.25) is 0 Å². The van der Waals surface area contributed by atoms with Gasteiger partial charge in [0.2, 0.25) is 5.91 Å². The van der Waals surface area contributed by atoms with E-state index >= 15 is 0 Å². The smallest absolute Gasteiger partial charge is 0.236 e. The van der Waals surface area contributed by atoms with Crippen LogP contribution in [0.15, 0.2) is 0 Å². The third kappa shape index (κ3) is 4.58. The maximum Gasteiger partial charge on any atom is 0.236 e. The van der Waals surface area contributed by atoms with E-state index in [4.69, 9.17) is 4.74 Å². The Morgan fingerprint density at radius 1 is 1.57 bits per heavy atom. The van der Waals surface area contributed by atoms with Gasteiger partial charge in [-0.2, -0.15) is 0 Å². The number of hydrogen-bond donors (Lipinski definition) is 2. The first-order chi connectivity index (χ1) is 6.74. The molecule has 4 nitrogen and oxygen atoms in total. The normalized spacial score (nSPS) is 17.9. The first kappa shape index (κ1) is 11.5. The van der Waals surface area contributed by atoms with Gasteiger partial charge in [-0.25, -0.2) is 0 Å². The molecule has 82 valence electrons. The van der Waals surface area contributed by atoms with Crippen LogP contribution in [0.3, 0.4) is 0 Å². The van der Waals surface area contributed by atoms with Crippen LogP contribution >= 0.6 is 0 Å². The molecule has 0 radical (unpaired) electrons. The molecule has 0 aromatic carbocycles. The zero-order chi connectivity index (χ0) is 10.4. The topological polar surface area (TPSA) is 50.4 Å². The zero-order valence-electron chi connectivity index (χ0n) is 9.01. The summed E-state index contributed by atoms with van der Waals surface area (Å²) in [5.74, 6) is 0.824. The molecule has 1 fully saturated rings. The Labute approximate surface area is 85.4 Å². The first-order valence-electron chi connectivity index (χ1n) is 5.26. The molecule has 1 amide bonds. The van der Waals surface area contributed by atoms with Crippen LogP contribution in [0.4, 0.5) is 0 Å². The largest absolute Gasteiger partial charge is 0.379 e. The fraction of sp³-hybridized carbons (Fsp3) is 0.900. The van der Waals surface area contributed by atoms with E-state index in [1.54, 1.807) is 7.05 Å². The molecule has 1 rings (SSSR count). The number of rotatable bonds is 7. The van der Waals surface area contributed by atoms with E-state index in [0.717, 1.165) is 12.5 Å². The minimum absolute atomic E-state index is 0.0301. The van der Waals surface area contributed by atoms with Crippen molar-refractivity contribution in [3.63, 3.8) is 0 Å². The van der Waals surface area contributed by atoms with Gasteiger partial charge in [0.1, 0.15) is 0 Å². The second-order valence-corrected chi connectivity index (χ2v) is 3.82. The Morgan fingerprint density at radius 3 is 2.86 bits per heavy atom. The minimum Gasteiger partial charge on any atom is -0.379 e. The van der Waals surface area contributed by atoms with Gasteiger partial charge in [0.15, 0.2) is 0 Å². The molecule has 1 atom stereocenters. The van der Waals surface area contributed by atoms with Gasteiger partial charge in [-0.05, 0) is 32.7 Å². The van der Waals surface area contributed by atoms with Gasteiger partial charge in [0.05, 0.1) is 12.6 Å². The molecular formula is C10H20N2O2. The Balaban J connectivity index is 1.88. The molecular weight excluding hydrogens is 180 g/mol. The quantitative estimate of drug-likeness (QED) is 0.575. The highest BCUT2D eigenvalue weighted by Gasteiger charge is 2.20. The second-order valence-electron chi connectivity index (χ2n) is 3.82. The highest BCUT2D eigenvalue weighted by molar-refractivity contribution is 5.81. The van der Waals surface area contributed by atoms with Crippen molar-refractivity contribution in [2.24, 2.45) is 5.92 Å². The summed E-state index contributed by atoms with van der Waals surface area (Å²) in [4.78, 5) is 11.3. The molecule has 0 heterocycles. The van der Waals surface area contributed by atoms with Gasteiger partial charge < -0.3 is 15.4 Å². The molecule has 0 aliphatic heterocycles. The highest BCUT2D eigenvalue weighted by Crippen LogP contribution is 2.28. The van der Waals surface area contributed by atoms with E-state index < -0.39 is 0 Å². The lowest BCUT2D eigenvalue weighted by Gasteiger charge is -2.10. The van der Waals surface area contributed by atoms with Crippen LogP contribution in [-0.2, 0) is 9.53 Å². The fourth-order valence-corrected chi connectivity index (χ4v) is 1.07. The van der Waals surface area contributed by atoms with Crippen LogP contribution in [0.25, 0.3) is 0 Å². The molecule has 14 heavy (non-hydrogen) atoms. The maximum absolute atomic E-state index is 11.3. The van der Waals surface area contributed by atoms with Crippen LogP contribution in [0.5, 0.6) is 0 Å². The first-order valence-corrected chi connectivity index (χ1v) is 5.26. The molecule has 4 heteroatoms. The summed E-state index contributed by atoms with van der Waals surface area (Å²) >= 11 is 0. The van der Waals surface area contributed by atoms with Crippen molar-refractivity contribution in [3.05, 3.63) is 0 Å². The van der Waals surface area contributed by atoms with Crippen molar-refractivity contribution < 1.29 is 9.53 Å². The van der Waals surface area contributed by atoms with E-state index in [1.807, 2.05) is 6.92 Å². The van der Waals surface area contributed by atoms with Gasteiger partial charge in [0, 0.05) is 13.2 Å². The molecule has 0 aromatic rings. The van der Waals surface area contributed by atoms with Crippen molar-refractivity contribution >= 4 is 5.91 Å². The van der Waals surface area contributed by atoms with Crippen molar-refractivity contribution in [3.8, 4) is 0 Å². The monoisotopic (exact) mass is 200 g/mol. The SMILES string of the molecule is CNC(C)C(=O)NCCOCC1CC1. The van der Waals surface area contributed by atoms with Crippen molar-refractivity contribution in [2.75, 3.05) is 26.8 Å². The number of carbonyl (C=O) groups excluding carboxylic acids is 1. The molecule has 1 aliphatic carbocycles. The predicted molar refractivity (Wildman–Crippen MR) is 55.1 cm³/mol. The molecule has 0 saturated heterocycles. The summed E-state index contributed by atoms with van der Waals surface area (Å²) in [6.07, 6.45) is 2.62. The van der Waals surface area contributed by atoms with Crippen LogP contribution in [0.1, 0.15) is 19.8 Å². The number of ether oxygens (including phenoxy) is 1. The Bertz CT molecular complexity index is 181. The number of carbonyl (C=O) groups is 1. The lowest BCUT2D eigenvalue weighted by atomic mass is 10.3. The second kappa shape index (κ2) is 5.98. The highest BCUT2D eigenvalue weighted by atomic mass is 16.5. The Morgan fingerprint density at radius 2 is 2.29 bits per heavy atom. The predicted octanol–water partition coefficient (Wildman–Crippen LogP) is 0.137. The average molecular weight is 200 g/mol. The molecule has 2 N–H and O–H groups in total. The van der Waals surface area contributed by atoms with Crippen LogP contribution in [-0.4, -0.2) is 38.8 Å². The summed E-state index contributed by atoms with van der Waals surface area (Å²) in [6, 6.07) is -0.126. The van der Waals surface area contributed by atoms with E-state index in [-0.39, 0.29) is 11.9 Å². The Hall–Kier alpha value is -0.610. The van der Waals surface area contributed by atoms with Gasteiger partial charge in [-0.1, -0.05) is 0 Å². The number of likely N-dealkylation sites (N-methyl/N-ethyl adjacent to an activating group) is 1. The molecule has 0 bridgehead atoms. The number of hydrogen-bond acceptors (Lipinski definition) is 3. The Kier molecular flexibility index (Phi) is 4.90. The lowest BCUT2D eigenvalue weighted by molar-refractivity contribution is -0.122. The third-order valence-corrected chi connectivity index (χ3v) is 2.42. The summed E-state index contributed by atoms with van der Waals surface area (Å²) in [5.41, 5.74) is 0. The van der Waals surface area contributed by atoms with Gasteiger partial charge in [-0.3, -0.25) is 4.79 Å². The summed E-state index contributed by atoms with van der Waals surface area (Å²) in [5, 5.41) is 5.68. The minimum atomic E-state index is -0.126.